The van der Waals surface area contributed by atoms with Gasteiger partial charge in [-0.05, 0) is 47.2 Å². The van der Waals surface area contributed by atoms with Crippen LogP contribution in [0.5, 0.6) is 0 Å². The van der Waals surface area contributed by atoms with Crippen molar-refractivity contribution >= 4 is 28.8 Å². The van der Waals surface area contributed by atoms with Gasteiger partial charge in [0.25, 0.3) is 5.91 Å². The second-order valence-corrected chi connectivity index (χ2v) is 5.85. The van der Waals surface area contributed by atoms with E-state index in [4.69, 9.17) is 11.6 Å². The minimum absolute atomic E-state index is 0.299. The van der Waals surface area contributed by atoms with Gasteiger partial charge in [0.15, 0.2) is 0 Å². The van der Waals surface area contributed by atoms with Crippen molar-refractivity contribution in [3.8, 4) is 5.69 Å². The Morgan fingerprint density at radius 1 is 1.28 bits per heavy atom. The summed E-state index contributed by atoms with van der Waals surface area (Å²) in [5.41, 5.74) is 3.50. The summed E-state index contributed by atoms with van der Waals surface area (Å²) in [7, 11) is 0. The number of amides is 1. The lowest BCUT2D eigenvalue weighted by Crippen LogP contribution is -2.13. The molecule has 4 rings (SSSR count). The molecule has 0 atom stereocenters. The Hall–Kier alpha value is -3.26. The fourth-order valence-electron chi connectivity index (χ4n) is 2.58. The molecule has 4 aromatic rings. The zero-order valence-electron chi connectivity index (χ0n) is 13.1. The second kappa shape index (κ2) is 5.99. The van der Waals surface area contributed by atoms with Gasteiger partial charge in [-0.3, -0.25) is 4.79 Å². The SMILES string of the molecule is Cc1cc(NC(=O)c2ccc(-n3cnnn3)cc2Cl)cn2ccnc12. The molecule has 124 valence electrons. The van der Waals surface area contributed by atoms with Crippen molar-refractivity contribution in [1.82, 2.24) is 29.6 Å². The maximum Gasteiger partial charge on any atom is 0.257 e. The molecule has 25 heavy (non-hydrogen) atoms. The van der Waals surface area contributed by atoms with Crippen LogP contribution in [-0.2, 0) is 0 Å². The van der Waals surface area contributed by atoms with E-state index in [9.17, 15) is 4.79 Å². The van der Waals surface area contributed by atoms with Crippen molar-refractivity contribution in [2.75, 3.05) is 5.32 Å². The van der Waals surface area contributed by atoms with Gasteiger partial charge in [-0.25, -0.2) is 9.67 Å². The van der Waals surface area contributed by atoms with Gasteiger partial charge in [0.2, 0.25) is 0 Å². The Balaban J connectivity index is 1.62. The van der Waals surface area contributed by atoms with Crippen molar-refractivity contribution in [2.45, 2.75) is 6.92 Å². The number of hydrogen-bond donors (Lipinski definition) is 1. The molecule has 1 N–H and O–H groups in total. The number of anilines is 1. The molecule has 0 bridgehead atoms. The fraction of sp³-hybridized carbons (Fsp3) is 0.0625. The average Bonchev–Trinajstić information content (AvgIpc) is 3.26. The summed E-state index contributed by atoms with van der Waals surface area (Å²) in [5, 5.41) is 14.1. The lowest BCUT2D eigenvalue weighted by atomic mass is 10.2. The summed E-state index contributed by atoms with van der Waals surface area (Å²) in [5.74, 6) is -0.299. The smallest absolute Gasteiger partial charge is 0.257 e. The zero-order chi connectivity index (χ0) is 17.4. The van der Waals surface area contributed by atoms with Crippen LogP contribution >= 0.6 is 11.6 Å². The van der Waals surface area contributed by atoms with E-state index in [1.54, 1.807) is 30.6 Å². The van der Waals surface area contributed by atoms with E-state index in [0.29, 0.717) is 22.0 Å². The van der Waals surface area contributed by atoms with E-state index in [1.165, 1.54) is 11.0 Å². The van der Waals surface area contributed by atoms with Crippen LogP contribution in [0.25, 0.3) is 11.3 Å². The third-order valence-electron chi connectivity index (χ3n) is 3.74. The number of fused-ring (bicyclic) bond motifs is 1. The molecular formula is C16H12ClN7O. The summed E-state index contributed by atoms with van der Waals surface area (Å²) in [6.07, 6.45) is 6.79. The molecule has 3 heterocycles. The number of pyridine rings is 1. The third kappa shape index (κ3) is 2.83. The number of aryl methyl sites for hydroxylation is 1. The number of carbonyl (C=O) groups excluding carboxylic acids is 1. The van der Waals surface area contributed by atoms with Gasteiger partial charge in [0.1, 0.15) is 12.0 Å². The molecule has 3 aromatic heterocycles. The maximum absolute atomic E-state index is 12.6. The van der Waals surface area contributed by atoms with Gasteiger partial charge >= 0.3 is 0 Å². The molecule has 0 saturated carbocycles. The molecule has 0 spiro atoms. The number of tetrazole rings is 1. The van der Waals surface area contributed by atoms with Crippen molar-refractivity contribution in [2.24, 2.45) is 0 Å². The van der Waals surface area contributed by atoms with Crippen molar-refractivity contribution in [1.29, 1.82) is 0 Å². The number of nitrogens with one attached hydrogen (secondary N) is 1. The molecule has 0 aliphatic heterocycles. The molecule has 1 aromatic carbocycles. The van der Waals surface area contributed by atoms with Crippen LogP contribution in [0.1, 0.15) is 15.9 Å². The summed E-state index contributed by atoms with van der Waals surface area (Å²) < 4.78 is 3.32. The summed E-state index contributed by atoms with van der Waals surface area (Å²) in [6, 6.07) is 6.86. The highest BCUT2D eigenvalue weighted by Crippen LogP contribution is 2.22. The number of carbonyl (C=O) groups is 1. The average molecular weight is 354 g/mol. The number of benzene rings is 1. The fourth-order valence-corrected chi connectivity index (χ4v) is 2.85. The lowest BCUT2D eigenvalue weighted by Gasteiger charge is -2.10. The molecule has 1 amide bonds. The topological polar surface area (TPSA) is 90.0 Å². The van der Waals surface area contributed by atoms with Crippen LogP contribution in [0, 0.1) is 6.92 Å². The minimum Gasteiger partial charge on any atom is -0.321 e. The molecule has 9 heteroatoms. The normalized spacial score (nSPS) is 11.0. The number of hydrogen-bond acceptors (Lipinski definition) is 5. The second-order valence-electron chi connectivity index (χ2n) is 5.44. The number of halogens is 1. The van der Waals surface area contributed by atoms with Gasteiger partial charge in [0, 0.05) is 18.6 Å². The Kier molecular flexibility index (Phi) is 3.66. The molecule has 0 aliphatic rings. The molecular weight excluding hydrogens is 342 g/mol. The first-order valence-corrected chi connectivity index (χ1v) is 7.77. The van der Waals surface area contributed by atoms with Crippen LogP contribution in [0.15, 0.2) is 49.2 Å². The molecule has 0 unspecified atom stereocenters. The molecule has 0 aliphatic carbocycles. The first-order valence-electron chi connectivity index (χ1n) is 7.39. The predicted molar refractivity (Wildman–Crippen MR) is 92.0 cm³/mol. The van der Waals surface area contributed by atoms with Gasteiger partial charge in [0.05, 0.1) is 22.0 Å². The van der Waals surface area contributed by atoms with Crippen LogP contribution in [0.4, 0.5) is 5.69 Å². The van der Waals surface area contributed by atoms with E-state index in [2.05, 4.69) is 25.8 Å². The number of aromatic nitrogens is 6. The van der Waals surface area contributed by atoms with E-state index in [-0.39, 0.29) is 5.91 Å². The Morgan fingerprint density at radius 2 is 2.16 bits per heavy atom. The number of nitrogens with zero attached hydrogens (tertiary/aromatic N) is 6. The largest absolute Gasteiger partial charge is 0.321 e. The molecule has 0 radical (unpaired) electrons. The predicted octanol–water partition coefficient (Wildman–Crippen LogP) is 2.52. The van der Waals surface area contributed by atoms with E-state index >= 15 is 0 Å². The highest BCUT2D eigenvalue weighted by Gasteiger charge is 2.13. The number of rotatable bonds is 3. The van der Waals surface area contributed by atoms with Gasteiger partial charge < -0.3 is 9.72 Å². The van der Waals surface area contributed by atoms with Crippen LogP contribution in [0.2, 0.25) is 5.02 Å². The quantitative estimate of drug-likeness (QED) is 0.611. The van der Waals surface area contributed by atoms with Crippen LogP contribution in [-0.4, -0.2) is 35.5 Å². The van der Waals surface area contributed by atoms with Gasteiger partial charge in [-0.15, -0.1) is 5.10 Å². The van der Waals surface area contributed by atoms with Crippen molar-refractivity contribution < 1.29 is 4.79 Å². The maximum atomic E-state index is 12.6. The molecule has 0 saturated heterocycles. The van der Waals surface area contributed by atoms with E-state index < -0.39 is 0 Å². The Bertz CT molecular complexity index is 1070. The summed E-state index contributed by atoms with van der Waals surface area (Å²) in [6.45, 7) is 1.94. The Labute approximate surface area is 147 Å². The first-order chi connectivity index (χ1) is 12.1. The lowest BCUT2D eigenvalue weighted by molar-refractivity contribution is 0.102. The summed E-state index contributed by atoms with van der Waals surface area (Å²) in [4.78, 5) is 16.8. The number of imidazole rings is 1. The Morgan fingerprint density at radius 3 is 2.92 bits per heavy atom. The zero-order valence-corrected chi connectivity index (χ0v) is 13.8. The van der Waals surface area contributed by atoms with Crippen molar-refractivity contribution in [3.05, 3.63) is 65.3 Å². The van der Waals surface area contributed by atoms with E-state index in [0.717, 1.165) is 11.2 Å². The standard InChI is InChI=1S/C16H12ClN7O/c1-10-6-11(8-23-5-4-18-15(10)23)20-16(25)13-3-2-12(7-14(13)17)24-9-19-21-22-24/h2-9H,1H3,(H,20,25). The first kappa shape index (κ1) is 15.3. The minimum atomic E-state index is -0.299. The van der Waals surface area contributed by atoms with Gasteiger partial charge in [-0.2, -0.15) is 0 Å². The molecule has 0 fully saturated rings. The van der Waals surface area contributed by atoms with Crippen LogP contribution < -0.4 is 5.32 Å². The van der Waals surface area contributed by atoms with Gasteiger partial charge in [-0.1, -0.05) is 11.6 Å². The van der Waals surface area contributed by atoms with Crippen LogP contribution in [0.3, 0.4) is 0 Å². The molecule has 8 nitrogen and oxygen atoms in total. The summed E-state index contributed by atoms with van der Waals surface area (Å²) >= 11 is 6.26. The van der Waals surface area contributed by atoms with Crippen molar-refractivity contribution in [3.63, 3.8) is 0 Å². The monoisotopic (exact) mass is 353 g/mol. The highest BCUT2D eigenvalue weighted by atomic mass is 35.5. The highest BCUT2D eigenvalue weighted by molar-refractivity contribution is 6.34. The third-order valence-corrected chi connectivity index (χ3v) is 4.05. The van der Waals surface area contributed by atoms with E-state index in [1.807, 2.05) is 23.6 Å².